The quantitative estimate of drug-likeness (QED) is 0.616. The number of carbonyl (C=O) groups excluding carboxylic acids is 3. The summed E-state index contributed by atoms with van der Waals surface area (Å²) >= 11 is 6.31. The van der Waals surface area contributed by atoms with Crippen LogP contribution >= 0.6 is 11.6 Å². The van der Waals surface area contributed by atoms with Gasteiger partial charge >= 0.3 is 0 Å². The summed E-state index contributed by atoms with van der Waals surface area (Å²) in [7, 11) is 0. The molecule has 0 aromatic heterocycles. The maximum atomic E-state index is 12.7. The maximum absolute atomic E-state index is 12.7. The third kappa shape index (κ3) is 4.70. The average molecular weight is 446 g/mol. The highest BCUT2D eigenvalue weighted by atomic mass is 35.5. The lowest BCUT2D eigenvalue weighted by atomic mass is 10.0. The number of carbonyl (C=O) groups is 3. The van der Waals surface area contributed by atoms with E-state index in [0.29, 0.717) is 41.3 Å². The summed E-state index contributed by atoms with van der Waals surface area (Å²) in [6.45, 7) is 7.90. The molecule has 2 heterocycles. The van der Waals surface area contributed by atoms with Crippen LogP contribution in [0, 0.1) is 0 Å². The van der Waals surface area contributed by atoms with Gasteiger partial charge in [0.2, 0.25) is 11.8 Å². The van der Waals surface area contributed by atoms with E-state index in [1.54, 1.807) is 11.0 Å². The molecule has 31 heavy (non-hydrogen) atoms. The summed E-state index contributed by atoms with van der Waals surface area (Å²) in [5.74, 6) is -0.200. The standard InChI is InChI=1S/C22H28ClN5O3/c1-2-20(29)28-12-15(13-28)26-5-7-27(8-6-26)21(30)11-25-19-10-16(14-3-4-14)18(23)9-17(19)22(24)31/h2,9-10,14-15,25H,1,3-8,11-13H2,(H2,24,31). The third-order valence-electron chi connectivity index (χ3n) is 6.38. The summed E-state index contributed by atoms with van der Waals surface area (Å²) < 4.78 is 0. The minimum absolute atomic E-state index is 0.0185. The predicted molar refractivity (Wildman–Crippen MR) is 119 cm³/mol. The number of anilines is 1. The fourth-order valence-electron chi connectivity index (χ4n) is 4.26. The van der Waals surface area contributed by atoms with Crippen LogP contribution in [0.15, 0.2) is 24.8 Å². The van der Waals surface area contributed by atoms with Crippen LogP contribution in [-0.4, -0.2) is 84.3 Å². The minimum atomic E-state index is -0.572. The number of primary amides is 1. The van der Waals surface area contributed by atoms with Gasteiger partial charge in [-0.1, -0.05) is 18.2 Å². The first-order valence-electron chi connectivity index (χ1n) is 10.7. The first-order chi connectivity index (χ1) is 14.9. The van der Waals surface area contributed by atoms with E-state index in [0.717, 1.165) is 44.6 Å². The van der Waals surface area contributed by atoms with E-state index in [9.17, 15) is 14.4 Å². The van der Waals surface area contributed by atoms with Crippen LogP contribution in [0.1, 0.15) is 34.7 Å². The smallest absolute Gasteiger partial charge is 0.250 e. The fourth-order valence-corrected chi connectivity index (χ4v) is 4.58. The Kier molecular flexibility index (Phi) is 6.20. The van der Waals surface area contributed by atoms with Gasteiger partial charge < -0.3 is 20.9 Å². The van der Waals surface area contributed by atoms with Crippen molar-refractivity contribution >= 4 is 35.0 Å². The van der Waals surface area contributed by atoms with Crippen LogP contribution in [0.4, 0.5) is 5.69 Å². The molecule has 1 aromatic rings. The molecule has 0 atom stereocenters. The molecule has 3 N–H and O–H groups in total. The van der Waals surface area contributed by atoms with E-state index in [1.807, 2.05) is 11.0 Å². The molecule has 0 unspecified atom stereocenters. The van der Waals surface area contributed by atoms with Crippen molar-refractivity contribution in [2.24, 2.45) is 5.73 Å². The normalized spacial score (nSPS) is 19.6. The third-order valence-corrected chi connectivity index (χ3v) is 6.71. The van der Waals surface area contributed by atoms with Gasteiger partial charge in [-0.15, -0.1) is 0 Å². The number of amides is 3. The summed E-state index contributed by atoms with van der Waals surface area (Å²) in [5.41, 5.74) is 7.37. The molecular weight excluding hydrogens is 418 g/mol. The molecular formula is C22H28ClN5O3. The molecule has 4 rings (SSSR count). The number of piperazine rings is 1. The van der Waals surface area contributed by atoms with Crippen LogP contribution in [0.25, 0.3) is 0 Å². The second kappa shape index (κ2) is 8.88. The monoisotopic (exact) mass is 445 g/mol. The molecule has 9 heteroatoms. The van der Waals surface area contributed by atoms with E-state index in [4.69, 9.17) is 17.3 Å². The zero-order chi connectivity index (χ0) is 22.1. The molecule has 1 aromatic carbocycles. The maximum Gasteiger partial charge on any atom is 0.250 e. The van der Waals surface area contributed by atoms with Crippen molar-refractivity contribution < 1.29 is 14.4 Å². The number of nitrogens with two attached hydrogens (primary N) is 1. The molecule has 0 spiro atoms. The van der Waals surface area contributed by atoms with Gasteiger partial charge in [-0.05, 0) is 42.5 Å². The first-order valence-corrected chi connectivity index (χ1v) is 11.1. The van der Waals surface area contributed by atoms with Crippen molar-refractivity contribution in [2.75, 3.05) is 51.1 Å². The van der Waals surface area contributed by atoms with E-state index < -0.39 is 5.91 Å². The van der Waals surface area contributed by atoms with Crippen molar-refractivity contribution in [3.63, 3.8) is 0 Å². The minimum Gasteiger partial charge on any atom is -0.375 e. The fraction of sp³-hybridized carbons (Fsp3) is 0.500. The van der Waals surface area contributed by atoms with Gasteiger partial charge in [0.05, 0.1) is 12.1 Å². The molecule has 2 saturated heterocycles. The molecule has 1 saturated carbocycles. The van der Waals surface area contributed by atoms with Crippen molar-refractivity contribution in [3.05, 3.63) is 40.9 Å². The van der Waals surface area contributed by atoms with E-state index >= 15 is 0 Å². The lowest BCUT2D eigenvalue weighted by Crippen LogP contribution is -2.64. The predicted octanol–water partition coefficient (Wildman–Crippen LogP) is 1.27. The van der Waals surface area contributed by atoms with Gasteiger partial charge in [0.15, 0.2) is 0 Å². The van der Waals surface area contributed by atoms with Crippen molar-refractivity contribution in [1.82, 2.24) is 14.7 Å². The molecule has 3 amide bonds. The van der Waals surface area contributed by atoms with Crippen LogP contribution in [0.2, 0.25) is 5.02 Å². The number of benzene rings is 1. The van der Waals surface area contributed by atoms with E-state index in [1.165, 1.54) is 6.08 Å². The molecule has 0 radical (unpaired) electrons. The van der Waals surface area contributed by atoms with Gasteiger partial charge in [0, 0.05) is 56.0 Å². The first kappa shape index (κ1) is 21.6. The molecule has 2 aliphatic heterocycles. The lowest BCUT2D eigenvalue weighted by Gasteiger charge is -2.47. The van der Waals surface area contributed by atoms with Gasteiger partial charge in [0.1, 0.15) is 0 Å². The highest BCUT2D eigenvalue weighted by Gasteiger charge is 2.35. The van der Waals surface area contributed by atoms with Gasteiger partial charge in [-0.2, -0.15) is 0 Å². The second-order valence-electron chi connectivity index (χ2n) is 8.43. The average Bonchev–Trinajstić information content (AvgIpc) is 3.56. The summed E-state index contributed by atoms with van der Waals surface area (Å²) in [6, 6.07) is 3.81. The molecule has 166 valence electrons. The van der Waals surface area contributed by atoms with Crippen LogP contribution < -0.4 is 11.1 Å². The number of halogens is 1. The topological polar surface area (TPSA) is 99.0 Å². The van der Waals surface area contributed by atoms with Crippen LogP contribution in [-0.2, 0) is 9.59 Å². The number of rotatable bonds is 7. The van der Waals surface area contributed by atoms with E-state index in [-0.39, 0.29) is 18.4 Å². The number of nitrogens with zero attached hydrogens (tertiary/aromatic N) is 3. The van der Waals surface area contributed by atoms with E-state index in [2.05, 4.69) is 16.8 Å². The Bertz CT molecular complexity index is 903. The largest absolute Gasteiger partial charge is 0.375 e. The number of likely N-dealkylation sites (tertiary alicyclic amines) is 1. The molecule has 8 nitrogen and oxygen atoms in total. The van der Waals surface area contributed by atoms with Crippen molar-refractivity contribution in [2.45, 2.75) is 24.8 Å². The Morgan fingerprint density at radius 3 is 2.39 bits per heavy atom. The number of nitrogens with one attached hydrogen (secondary N) is 1. The SMILES string of the molecule is C=CC(=O)N1CC(N2CCN(C(=O)CNc3cc(C4CC4)c(Cl)cc3C(N)=O)CC2)C1. The van der Waals surface area contributed by atoms with Crippen molar-refractivity contribution in [1.29, 1.82) is 0 Å². The van der Waals surface area contributed by atoms with Crippen LogP contribution in [0.5, 0.6) is 0 Å². The number of hydrogen-bond donors (Lipinski definition) is 2. The van der Waals surface area contributed by atoms with Gasteiger partial charge in [-0.25, -0.2) is 0 Å². The molecule has 3 fully saturated rings. The summed E-state index contributed by atoms with van der Waals surface area (Å²) in [6.07, 6.45) is 3.51. The Hall–Kier alpha value is -2.58. The second-order valence-corrected chi connectivity index (χ2v) is 8.84. The molecule has 3 aliphatic rings. The molecule has 1 aliphatic carbocycles. The zero-order valence-electron chi connectivity index (χ0n) is 17.5. The highest BCUT2D eigenvalue weighted by Crippen LogP contribution is 2.44. The summed E-state index contributed by atoms with van der Waals surface area (Å²) in [4.78, 5) is 42.1. The summed E-state index contributed by atoms with van der Waals surface area (Å²) in [5, 5.41) is 3.65. The lowest BCUT2D eigenvalue weighted by molar-refractivity contribution is -0.135. The Balaban J connectivity index is 1.29. The van der Waals surface area contributed by atoms with Crippen LogP contribution in [0.3, 0.4) is 0 Å². The highest BCUT2D eigenvalue weighted by molar-refractivity contribution is 6.32. The Labute approximate surface area is 187 Å². The van der Waals surface area contributed by atoms with Crippen molar-refractivity contribution in [3.8, 4) is 0 Å². The Morgan fingerprint density at radius 2 is 1.81 bits per heavy atom. The Morgan fingerprint density at radius 1 is 1.13 bits per heavy atom. The van der Waals surface area contributed by atoms with Gasteiger partial charge in [-0.3, -0.25) is 19.3 Å². The molecule has 0 bridgehead atoms. The zero-order valence-corrected chi connectivity index (χ0v) is 18.2. The number of hydrogen-bond acceptors (Lipinski definition) is 5. The van der Waals surface area contributed by atoms with Gasteiger partial charge in [0.25, 0.3) is 5.91 Å².